The Morgan fingerprint density at radius 1 is 1.00 bits per heavy atom. The van der Waals surface area contributed by atoms with Crippen LogP contribution in [0.3, 0.4) is 0 Å². The smallest absolute Gasteiger partial charge is 0.258 e. The lowest BCUT2D eigenvalue weighted by Gasteiger charge is -2.30. The molecule has 0 saturated heterocycles. The number of carbonyl (C=O) groups excluding carboxylic acids is 2. The zero-order chi connectivity index (χ0) is 22.2. The molecule has 0 spiro atoms. The molecule has 2 aromatic rings. The van der Waals surface area contributed by atoms with E-state index in [0.29, 0.717) is 17.7 Å². The first-order valence-electron chi connectivity index (χ1n) is 11.0. The highest BCUT2D eigenvalue weighted by Crippen LogP contribution is 2.23. The maximum Gasteiger partial charge on any atom is 0.258 e. The first-order chi connectivity index (χ1) is 15.0. The van der Waals surface area contributed by atoms with Crippen LogP contribution in [0.2, 0.25) is 0 Å². The summed E-state index contributed by atoms with van der Waals surface area (Å²) >= 11 is 0. The number of carbonyl (C=O) groups is 2. The number of benzene rings is 2. The van der Waals surface area contributed by atoms with E-state index >= 15 is 0 Å². The van der Waals surface area contributed by atoms with E-state index in [2.05, 4.69) is 24.4 Å². The minimum absolute atomic E-state index is 0.0250. The molecule has 5 nitrogen and oxygen atoms in total. The highest BCUT2D eigenvalue weighted by Gasteiger charge is 2.30. The van der Waals surface area contributed by atoms with E-state index in [4.69, 9.17) is 4.74 Å². The van der Waals surface area contributed by atoms with Crippen LogP contribution in [0.25, 0.3) is 0 Å². The standard InChI is InChI=1S/C26H32N2O3/c1-4-21-15-9-8-12-19(2)31-24-17-11-10-16-22(24)26(30)28(3)23(25(29)27-21)18-20-13-6-5-7-14-20/h5-11,13-14,16-17,19,21,23H,4,12,15,18H2,1-3H3,(H,27,29)/b9-8-/t19-,21+,23+/m0/s1. The van der Waals surface area contributed by atoms with Gasteiger partial charge in [-0.2, -0.15) is 0 Å². The van der Waals surface area contributed by atoms with Gasteiger partial charge in [0.05, 0.1) is 11.7 Å². The summed E-state index contributed by atoms with van der Waals surface area (Å²) < 4.78 is 6.09. The number of hydrogen-bond acceptors (Lipinski definition) is 3. The average Bonchev–Trinajstić information content (AvgIpc) is 2.79. The third-order valence-corrected chi connectivity index (χ3v) is 5.70. The molecule has 0 saturated carbocycles. The van der Waals surface area contributed by atoms with Crippen molar-refractivity contribution in [3.05, 3.63) is 77.9 Å². The molecule has 2 aromatic carbocycles. The molecule has 1 aliphatic heterocycles. The van der Waals surface area contributed by atoms with Gasteiger partial charge in [-0.3, -0.25) is 9.59 Å². The van der Waals surface area contributed by atoms with Gasteiger partial charge in [-0.25, -0.2) is 0 Å². The lowest BCUT2D eigenvalue weighted by Crippen LogP contribution is -2.51. The molecule has 2 amide bonds. The van der Waals surface area contributed by atoms with E-state index in [9.17, 15) is 9.59 Å². The third kappa shape index (κ3) is 5.97. The van der Waals surface area contributed by atoms with E-state index in [1.807, 2.05) is 55.5 Å². The molecular weight excluding hydrogens is 388 g/mol. The molecule has 0 aromatic heterocycles. The molecule has 0 unspecified atom stereocenters. The predicted octanol–water partition coefficient (Wildman–Crippen LogP) is 4.38. The fourth-order valence-corrected chi connectivity index (χ4v) is 3.76. The Morgan fingerprint density at radius 2 is 1.68 bits per heavy atom. The Labute approximate surface area is 185 Å². The number of ether oxygens (including phenoxy) is 1. The lowest BCUT2D eigenvalue weighted by molar-refractivity contribution is -0.126. The molecule has 5 heteroatoms. The molecule has 164 valence electrons. The van der Waals surface area contributed by atoms with Gasteiger partial charge in [-0.05, 0) is 37.5 Å². The largest absolute Gasteiger partial charge is 0.490 e. The first kappa shape index (κ1) is 22.6. The van der Waals surface area contributed by atoms with Crippen LogP contribution in [0, 0.1) is 0 Å². The lowest BCUT2D eigenvalue weighted by atomic mass is 10.0. The summed E-state index contributed by atoms with van der Waals surface area (Å²) in [7, 11) is 1.70. The van der Waals surface area contributed by atoms with E-state index in [1.54, 1.807) is 18.0 Å². The Kier molecular flexibility index (Phi) is 7.88. The van der Waals surface area contributed by atoms with E-state index in [1.165, 1.54) is 0 Å². The van der Waals surface area contributed by atoms with Crippen molar-refractivity contribution in [3.63, 3.8) is 0 Å². The fourth-order valence-electron chi connectivity index (χ4n) is 3.76. The number of fused-ring (bicyclic) bond motifs is 1. The average molecular weight is 421 g/mol. The molecule has 1 aliphatic rings. The van der Waals surface area contributed by atoms with Crippen molar-refractivity contribution in [2.75, 3.05) is 7.05 Å². The number of para-hydroxylation sites is 1. The quantitative estimate of drug-likeness (QED) is 0.750. The van der Waals surface area contributed by atoms with Crippen LogP contribution in [-0.2, 0) is 11.2 Å². The van der Waals surface area contributed by atoms with Gasteiger partial charge in [0.15, 0.2) is 0 Å². The molecule has 0 radical (unpaired) electrons. The normalized spacial score (nSPS) is 23.8. The Bertz CT molecular complexity index is 910. The van der Waals surface area contributed by atoms with Crippen molar-refractivity contribution < 1.29 is 14.3 Å². The Balaban J connectivity index is 1.98. The maximum absolute atomic E-state index is 13.5. The van der Waals surface area contributed by atoms with Crippen molar-refractivity contribution in [3.8, 4) is 5.75 Å². The van der Waals surface area contributed by atoms with Gasteiger partial charge in [0.25, 0.3) is 5.91 Å². The van der Waals surface area contributed by atoms with Crippen molar-refractivity contribution in [1.82, 2.24) is 10.2 Å². The van der Waals surface area contributed by atoms with Crippen LogP contribution in [0.15, 0.2) is 66.7 Å². The van der Waals surface area contributed by atoms with Gasteiger partial charge in [0.1, 0.15) is 11.8 Å². The van der Waals surface area contributed by atoms with E-state index in [0.717, 1.165) is 24.8 Å². The molecule has 3 rings (SSSR count). The topological polar surface area (TPSA) is 58.6 Å². The minimum atomic E-state index is -0.624. The summed E-state index contributed by atoms with van der Waals surface area (Å²) in [5, 5.41) is 3.16. The van der Waals surface area contributed by atoms with Crippen LogP contribution in [0.5, 0.6) is 5.75 Å². The molecule has 31 heavy (non-hydrogen) atoms. The van der Waals surface area contributed by atoms with E-state index < -0.39 is 6.04 Å². The Hall–Kier alpha value is -3.08. The molecule has 0 bridgehead atoms. The summed E-state index contributed by atoms with van der Waals surface area (Å²) in [4.78, 5) is 28.3. The SMILES string of the molecule is CC[C@@H]1C/C=C\C[C@H](C)Oc2ccccc2C(=O)N(C)[C@H](Cc2ccccc2)C(=O)N1. The van der Waals surface area contributed by atoms with Gasteiger partial charge < -0.3 is 15.0 Å². The maximum atomic E-state index is 13.5. The second-order valence-corrected chi connectivity index (χ2v) is 8.10. The van der Waals surface area contributed by atoms with Gasteiger partial charge in [-0.15, -0.1) is 0 Å². The summed E-state index contributed by atoms with van der Waals surface area (Å²) in [6.07, 6.45) is 6.88. The van der Waals surface area contributed by atoms with Gasteiger partial charge in [0, 0.05) is 25.9 Å². The van der Waals surface area contributed by atoms with Crippen LogP contribution in [-0.4, -0.2) is 41.9 Å². The second kappa shape index (κ2) is 10.8. The fraction of sp³-hybridized carbons (Fsp3) is 0.385. The van der Waals surface area contributed by atoms with Crippen molar-refractivity contribution in [2.24, 2.45) is 0 Å². The number of hydrogen-bond donors (Lipinski definition) is 1. The molecule has 0 aliphatic carbocycles. The predicted molar refractivity (Wildman–Crippen MR) is 123 cm³/mol. The molecule has 1 N–H and O–H groups in total. The highest BCUT2D eigenvalue weighted by molar-refractivity contribution is 5.99. The summed E-state index contributed by atoms with van der Waals surface area (Å²) in [5.74, 6) is 0.186. The minimum Gasteiger partial charge on any atom is -0.490 e. The number of nitrogens with one attached hydrogen (secondary N) is 1. The molecule has 1 heterocycles. The van der Waals surface area contributed by atoms with Gasteiger partial charge in [-0.1, -0.05) is 61.5 Å². The summed E-state index contributed by atoms with van der Waals surface area (Å²) in [5.41, 5.74) is 1.48. The van der Waals surface area contributed by atoms with Crippen LogP contribution >= 0.6 is 0 Å². The number of nitrogens with zero attached hydrogens (tertiary/aromatic N) is 1. The van der Waals surface area contributed by atoms with Crippen molar-refractivity contribution >= 4 is 11.8 Å². The van der Waals surface area contributed by atoms with Crippen molar-refractivity contribution in [1.29, 1.82) is 0 Å². The zero-order valence-corrected chi connectivity index (χ0v) is 18.6. The second-order valence-electron chi connectivity index (χ2n) is 8.10. The zero-order valence-electron chi connectivity index (χ0n) is 18.6. The number of likely N-dealkylation sites (N-methyl/N-ethyl adjacent to an activating group) is 1. The van der Waals surface area contributed by atoms with Crippen LogP contribution < -0.4 is 10.1 Å². The Morgan fingerprint density at radius 3 is 2.42 bits per heavy atom. The summed E-state index contributed by atoms with van der Waals surface area (Å²) in [6.45, 7) is 4.06. The number of rotatable bonds is 3. The molecule has 0 fully saturated rings. The highest BCUT2D eigenvalue weighted by atomic mass is 16.5. The van der Waals surface area contributed by atoms with Gasteiger partial charge in [0.2, 0.25) is 5.91 Å². The van der Waals surface area contributed by atoms with Crippen LogP contribution in [0.4, 0.5) is 0 Å². The first-order valence-corrected chi connectivity index (χ1v) is 11.0. The molecular formula is C26H32N2O3. The summed E-state index contributed by atoms with van der Waals surface area (Å²) in [6, 6.07) is 16.5. The monoisotopic (exact) mass is 420 g/mol. The van der Waals surface area contributed by atoms with Crippen molar-refractivity contribution in [2.45, 2.75) is 57.7 Å². The van der Waals surface area contributed by atoms with E-state index in [-0.39, 0.29) is 24.0 Å². The number of amides is 2. The third-order valence-electron chi connectivity index (χ3n) is 5.70. The van der Waals surface area contributed by atoms with Crippen LogP contribution in [0.1, 0.15) is 49.0 Å². The van der Waals surface area contributed by atoms with Gasteiger partial charge >= 0.3 is 0 Å². The molecule has 3 atom stereocenters.